The van der Waals surface area contributed by atoms with E-state index in [0.717, 1.165) is 13.0 Å². The van der Waals surface area contributed by atoms with Crippen LogP contribution >= 0.6 is 0 Å². The highest BCUT2D eigenvalue weighted by atomic mass is 16.4. The number of anilines is 1. The molecule has 2 rings (SSSR count). The summed E-state index contributed by atoms with van der Waals surface area (Å²) in [4.78, 5) is 17.0. The molecule has 0 aromatic carbocycles. The molecule has 1 fully saturated rings. The molecule has 5 nitrogen and oxygen atoms in total. The Hall–Kier alpha value is -1.62. The highest BCUT2D eigenvalue weighted by molar-refractivity contribution is 5.93. The molecular formula is C11H14N2O3. The van der Waals surface area contributed by atoms with E-state index in [0.29, 0.717) is 12.4 Å². The molecule has 0 bridgehead atoms. The minimum Gasteiger partial charge on any atom is -0.478 e. The molecule has 5 heteroatoms. The fourth-order valence-electron chi connectivity index (χ4n) is 1.99. The molecule has 1 aromatic heterocycles. The molecule has 2 N–H and O–H groups in total. The second-order valence-corrected chi connectivity index (χ2v) is 3.96. The van der Waals surface area contributed by atoms with Gasteiger partial charge in [0, 0.05) is 31.8 Å². The number of carboxylic acid groups (broad SMARTS) is 1. The molecule has 86 valence electrons. The number of nitrogens with zero attached hydrogens (tertiary/aromatic N) is 2. The van der Waals surface area contributed by atoms with Crippen molar-refractivity contribution in [1.82, 2.24) is 4.98 Å². The lowest BCUT2D eigenvalue weighted by molar-refractivity contribution is 0.0697. The first-order chi connectivity index (χ1) is 7.72. The molecule has 1 atom stereocenters. The molecule has 1 saturated heterocycles. The van der Waals surface area contributed by atoms with Gasteiger partial charge >= 0.3 is 5.97 Å². The first kappa shape index (κ1) is 10.9. The summed E-state index contributed by atoms with van der Waals surface area (Å²) in [5.74, 6) is -0.231. The Balaban J connectivity index is 2.24. The van der Waals surface area contributed by atoms with E-state index in [1.54, 1.807) is 18.3 Å². The first-order valence-electron chi connectivity index (χ1n) is 5.26. The van der Waals surface area contributed by atoms with E-state index in [2.05, 4.69) is 4.98 Å². The summed E-state index contributed by atoms with van der Waals surface area (Å²) >= 11 is 0. The molecular weight excluding hydrogens is 208 g/mol. The van der Waals surface area contributed by atoms with Gasteiger partial charge in [0.25, 0.3) is 0 Å². The summed E-state index contributed by atoms with van der Waals surface area (Å²) in [6.07, 6.45) is 2.47. The van der Waals surface area contributed by atoms with Crippen molar-refractivity contribution < 1.29 is 15.0 Å². The zero-order chi connectivity index (χ0) is 11.5. The van der Waals surface area contributed by atoms with E-state index in [4.69, 9.17) is 10.2 Å². The second-order valence-electron chi connectivity index (χ2n) is 3.96. The van der Waals surface area contributed by atoms with Crippen LogP contribution in [0, 0.1) is 5.92 Å². The molecule has 2 heterocycles. The molecule has 0 aliphatic carbocycles. The number of aliphatic hydroxyl groups excluding tert-OH is 1. The van der Waals surface area contributed by atoms with Gasteiger partial charge in [0.2, 0.25) is 0 Å². The molecule has 1 aromatic rings. The number of aromatic nitrogens is 1. The number of carboxylic acids is 1. The average molecular weight is 222 g/mol. The van der Waals surface area contributed by atoms with Gasteiger partial charge in [-0.25, -0.2) is 9.78 Å². The lowest BCUT2D eigenvalue weighted by Crippen LogP contribution is -2.24. The Morgan fingerprint density at radius 1 is 1.62 bits per heavy atom. The predicted molar refractivity (Wildman–Crippen MR) is 58.6 cm³/mol. The molecule has 0 amide bonds. The van der Waals surface area contributed by atoms with Crippen molar-refractivity contribution in [2.24, 2.45) is 5.92 Å². The molecule has 0 radical (unpaired) electrons. The summed E-state index contributed by atoms with van der Waals surface area (Å²) < 4.78 is 0. The quantitative estimate of drug-likeness (QED) is 0.783. The molecule has 16 heavy (non-hydrogen) atoms. The molecule has 1 aliphatic heterocycles. The molecule has 0 spiro atoms. The Labute approximate surface area is 93.3 Å². The zero-order valence-corrected chi connectivity index (χ0v) is 8.83. The van der Waals surface area contributed by atoms with Crippen molar-refractivity contribution in [2.75, 3.05) is 24.6 Å². The lowest BCUT2D eigenvalue weighted by Gasteiger charge is -2.18. The number of pyridine rings is 1. The highest BCUT2D eigenvalue weighted by Crippen LogP contribution is 2.24. The number of carbonyl (C=O) groups is 1. The van der Waals surface area contributed by atoms with E-state index < -0.39 is 5.97 Å². The van der Waals surface area contributed by atoms with Gasteiger partial charge in [0.15, 0.2) is 0 Å². The van der Waals surface area contributed by atoms with E-state index >= 15 is 0 Å². The van der Waals surface area contributed by atoms with Crippen molar-refractivity contribution in [2.45, 2.75) is 6.42 Å². The van der Waals surface area contributed by atoms with Crippen molar-refractivity contribution >= 4 is 11.8 Å². The van der Waals surface area contributed by atoms with Crippen LogP contribution in [-0.4, -0.2) is 40.9 Å². The van der Waals surface area contributed by atoms with Crippen molar-refractivity contribution in [1.29, 1.82) is 0 Å². The van der Waals surface area contributed by atoms with Crippen LogP contribution in [0.1, 0.15) is 16.8 Å². The molecule has 0 unspecified atom stereocenters. The van der Waals surface area contributed by atoms with Gasteiger partial charge in [-0.2, -0.15) is 0 Å². The fraction of sp³-hybridized carbons (Fsp3) is 0.455. The number of hydrogen-bond donors (Lipinski definition) is 2. The van der Waals surface area contributed by atoms with Crippen molar-refractivity contribution in [3.8, 4) is 0 Å². The standard InChI is InChI=1S/C11H14N2O3/c14-7-8-3-5-13(6-8)10-9(11(15)16)2-1-4-12-10/h1-2,4,8,14H,3,5-7H2,(H,15,16)/t8-/m1/s1. The van der Waals surface area contributed by atoms with Gasteiger partial charge < -0.3 is 15.1 Å². The Kier molecular flexibility index (Phi) is 3.05. The monoisotopic (exact) mass is 222 g/mol. The summed E-state index contributed by atoms with van der Waals surface area (Å²) in [5.41, 5.74) is 0.223. The summed E-state index contributed by atoms with van der Waals surface area (Å²) in [7, 11) is 0. The van der Waals surface area contributed by atoms with Gasteiger partial charge in [-0.1, -0.05) is 0 Å². The second kappa shape index (κ2) is 4.49. The van der Waals surface area contributed by atoms with Crippen LogP contribution in [-0.2, 0) is 0 Å². The van der Waals surface area contributed by atoms with Gasteiger partial charge in [-0.15, -0.1) is 0 Å². The number of aromatic carboxylic acids is 1. The van der Waals surface area contributed by atoms with Gasteiger partial charge in [0.05, 0.1) is 0 Å². The fourth-order valence-corrected chi connectivity index (χ4v) is 1.99. The minimum absolute atomic E-state index is 0.145. The van der Waals surface area contributed by atoms with E-state index in [-0.39, 0.29) is 18.1 Å². The third-order valence-corrected chi connectivity index (χ3v) is 2.86. The van der Waals surface area contributed by atoms with Crippen LogP contribution in [0.25, 0.3) is 0 Å². The normalized spacial score (nSPS) is 20.1. The smallest absolute Gasteiger partial charge is 0.339 e. The zero-order valence-electron chi connectivity index (χ0n) is 8.83. The van der Waals surface area contributed by atoms with E-state index in [1.807, 2.05) is 4.90 Å². The number of hydrogen-bond acceptors (Lipinski definition) is 4. The maximum absolute atomic E-state index is 11.0. The van der Waals surface area contributed by atoms with Crippen LogP contribution in [0.5, 0.6) is 0 Å². The highest BCUT2D eigenvalue weighted by Gasteiger charge is 2.25. The van der Waals surface area contributed by atoms with Gasteiger partial charge in [0.1, 0.15) is 11.4 Å². The largest absolute Gasteiger partial charge is 0.478 e. The molecule has 0 saturated carbocycles. The van der Waals surface area contributed by atoms with E-state index in [9.17, 15) is 4.79 Å². The third kappa shape index (κ3) is 1.99. The van der Waals surface area contributed by atoms with Crippen LogP contribution in [0.2, 0.25) is 0 Å². The van der Waals surface area contributed by atoms with E-state index in [1.165, 1.54) is 0 Å². The first-order valence-corrected chi connectivity index (χ1v) is 5.26. The van der Waals surface area contributed by atoms with Crippen LogP contribution in [0.3, 0.4) is 0 Å². The SMILES string of the molecule is O=C(O)c1cccnc1N1CC[C@@H](CO)C1. The van der Waals surface area contributed by atoms with Gasteiger partial charge in [-0.3, -0.25) is 0 Å². The maximum atomic E-state index is 11.0. The Morgan fingerprint density at radius 3 is 3.06 bits per heavy atom. The van der Waals surface area contributed by atoms with Crippen molar-refractivity contribution in [3.63, 3.8) is 0 Å². The maximum Gasteiger partial charge on any atom is 0.339 e. The van der Waals surface area contributed by atoms with Gasteiger partial charge in [-0.05, 0) is 18.6 Å². The third-order valence-electron chi connectivity index (χ3n) is 2.86. The summed E-state index contributed by atoms with van der Waals surface area (Å²) in [6, 6.07) is 3.17. The van der Waals surface area contributed by atoms with Crippen LogP contribution in [0.15, 0.2) is 18.3 Å². The minimum atomic E-state index is -0.962. The lowest BCUT2D eigenvalue weighted by atomic mass is 10.1. The summed E-state index contributed by atoms with van der Waals surface area (Å²) in [6.45, 7) is 1.57. The molecule has 1 aliphatic rings. The number of rotatable bonds is 3. The van der Waals surface area contributed by atoms with Crippen LogP contribution < -0.4 is 4.90 Å². The Morgan fingerprint density at radius 2 is 2.44 bits per heavy atom. The number of aliphatic hydroxyl groups is 1. The average Bonchev–Trinajstić information content (AvgIpc) is 2.77. The summed E-state index contributed by atoms with van der Waals surface area (Å²) in [5, 5.41) is 18.1. The van der Waals surface area contributed by atoms with Crippen molar-refractivity contribution in [3.05, 3.63) is 23.9 Å². The van der Waals surface area contributed by atoms with Crippen LogP contribution in [0.4, 0.5) is 5.82 Å². The topological polar surface area (TPSA) is 73.7 Å². The Bertz CT molecular complexity index is 395. The predicted octanol–water partition coefficient (Wildman–Crippen LogP) is 0.598.